The maximum Gasteiger partial charge on any atom is 0.224 e. The molecule has 4 nitrogen and oxygen atoms in total. The number of aromatic nitrogens is 2. The predicted octanol–water partition coefficient (Wildman–Crippen LogP) is 4.01. The van der Waals surface area contributed by atoms with Gasteiger partial charge in [-0.15, -0.1) is 0 Å². The molecule has 2 aromatic rings. The number of halogens is 1. The van der Waals surface area contributed by atoms with Gasteiger partial charge in [-0.2, -0.15) is 4.98 Å². The van der Waals surface area contributed by atoms with E-state index in [-0.39, 0.29) is 5.82 Å². The molecule has 1 heterocycles. The van der Waals surface area contributed by atoms with Gasteiger partial charge in [-0.05, 0) is 37.0 Å². The van der Waals surface area contributed by atoms with Crippen molar-refractivity contribution in [3.63, 3.8) is 0 Å². The first-order chi connectivity index (χ1) is 11.3. The molecule has 0 aliphatic heterocycles. The zero-order valence-electron chi connectivity index (χ0n) is 13.3. The fraction of sp³-hybridized carbons (Fsp3) is 0.444. The van der Waals surface area contributed by atoms with Crippen LogP contribution in [0.3, 0.4) is 0 Å². The number of anilines is 2. The van der Waals surface area contributed by atoms with Crippen LogP contribution in [0, 0.1) is 5.82 Å². The molecule has 0 amide bonds. The van der Waals surface area contributed by atoms with Crippen LogP contribution in [0.2, 0.25) is 0 Å². The Labute approximate surface area is 136 Å². The quantitative estimate of drug-likeness (QED) is 0.845. The molecule has 5 heteroatoms. The Hall–Kier alpha value is -2.17. The number of hydrogen-bond donors (Lipinski definition) is 2. The SMILES string of the molecule is Fc1ccccc1CCNc1nccc(NC2CCCCC2)n1. The van der Waals surface area contributed by atoms with Gasteiger partial charge in [0.25, 0.3) is 0 Å². The third-order valence-electron chi connectivity index (χ3n) is 4.25. The van der Waals surface area contributed by atoms with E-state index in [0.29, 0.717) is 30.5 Å². The molecule has 0 spiro atoms. The largest absolute Gasteiger partial charge is 0.367 e. The Bertz CT molecular complexity index is 626. The summed E-state index contributed by atoms with van der Waals surface area (Å²) in [6.07, 6.45) is 8.69. The first-order valence-electron chi connectivity index (χ1n) is 8.38. The van der Waals surface area contributed by atoms with E-state index in [4.69, 9.17) is 0 Å². The number of nitrogens with zero attached hydrogens (tertiary/aromatic N) is 2. The van der Waals surface area contributed by atoms with E-state index in [1.165, 1.54) is 38.2 Å². The van der Waals surface area contributed by atoms with Gasteiger partial charge in [-0.3, -0.25) is 0 Å². The summed E-state index contributed by atoms with van der Waals surface area (Å²) in [5.41, 5.74) is 0.705. The number of nitrogens with one attached hydrogen (secondary N) is 2. The highest BCUT2D eigenvalue weighted by molar-refractivity contribution is 5.40. The molecule has 1 aliphatic carbocycles. The number of benzene rings is 1. The molecule has 0 saturated heterocycles. The molecular weight excluding hydrogens is 291 g/mol. The van der Waals surface area contributed by atoms with Crippen molar-refractivity contribution in [2.45, 2.75) is 44.6 Å². The van der Waals surface area contributed by atoms with Crippen molar-refractivity contribution >= 4 is 11.8 Å². The lowest BCUT2D eigenvalue weighted by Crippen LogP contribution is -2.23. The monoisotopic (exact) mass is 314 g/mol. The summed E-state index contributed by atoms with van der Waals surface area (Å²) >= 11 is 0. The Morgan fingerprint density at radius 2 is 1.91 bits per heavy atom. The van der Waals surface area contributed by atoms with E-state index in [0.717, 1.165) is 5.82 Å². The second-order valence-corrected chi connectivity index (χ2v) is 6.01. The van der Waals surface area contributed by atoms with E-state index in [1.807, 2.05) is 12.1 Å². The van der Waals surface area contributed by atoms with Crippen LogP contribution in [-0.4, -0.2) is 22.6 Å². The molecule has 0 atom stereocenters. The number of hydrogen-bond acceptors (Lipinski definition) is 4. The van der Waals surface area contributed by atoms with Crippen LogP contribution in [0.15, 0.2) is 36.5 Å². The minimum Gasteiger partial charge on any atom is -0.367 e. The Kier molecular flexibility index (Phi) is 5.40. The van der Waals surface area contributed by atoms with E-state index >= 15 is 0 Å². The zero-order chi connectivity index (χ0) is 15.9. The summed E-state index contributed by atoms with van der Waals surface area (Å²) in [5, 5.41) is 6.66. The van der Waals surface area contributed by atoms with Crippen molar-refractivity contribution in [1.29, 1.82) is 0 Å². The first-order valence-corrected chi connectivity index (χ1v) is 8.38. The molecular formula is C18H23FN4. The summed E-state index contributed by atoms with van der Waals surface area (Å²) < 4.78 is 13.6. The van der Waals surface area contributed by atoms with Gasteiger partial charge in [0.2, 0.25) is 5.95 Å². The molecule has 1 fully saturated rings. The normalized spacial score (nSPS) is 15.3. The van der Waals surface area contributed by atoms with Crippen molar-refractivity contribution in [2.24, 2.45) is 0 Å². The zero-order valence-corrected chi connectivity index (χ0v) is 13.3. The highest BCUT2D eigenvalue weighted by Crippen LogP contribution is 2.21. The molecule has 3 rings (SSSR count). The molecule has 0 radical (unpaired) electrons. The lowest BCUT2D eigenvalue weighted by molar-refractivity contribution is 0.462. The Morgan fingerprint density at radius 1 is 1.09 bits per heavy atom. The minimum absolute atomic E-state index is 0.164. The minimum atomic E-state index is -0.164. The van der Waals surface area contributed by atoms with Gasteiger partial charge in [0, 0.05) is 18.8 Å². The standard InChI is InChI=1S/C18H23FN4/c19-16-9-5-4-6-14(16)10-12-20-18-21-13-11-17(23-18)22-15-7-2-1-3-8-15/h4-6,9,11,13,15H,1-3,7-8,10,12H2,(H2,20,21,22,23). The molecule has 0 unspecified atom stereocenters. The Balaban J connectivity index is 1.52. The summed E-state index contributed by atoms with van der Waals surface area (Å²) in [6, 6.07) is 9.26. The summed E-state index contributed by atoms with van der Waals surface area (Å²) in [6.45, 7) is 0.605. The average Bonchev–Trinajstić information content (AvgIpc) is 2.58. The third-order valence-corrected chi connectivity index (χ3v) is 4.25. The highest BCUT2D eigenvalue weighted by atomic mass is 19.1. The molecule has 2 N–H and O–H groups in total. The lowest BCUT2D eigenvalue weighted by atomic mass is 9.95. The van der Waals surface area contributed by atoms with Crippen LogP contribution >= 0.6 is 0 Å². The second kappa shape index (κ2) is 7.90. The summed E-state index contributed by atoms with van der Waals surface area (Å²) in [5.74, 6) is 1.28. The van der Waals surface area contributed by atoms with Crippen LogP contribution in [0.1, 0.15) is 37.7 Å². The molecule has 0 bridgehead atoms. The van der Waals surface area contributed by atoms with E-state index < -0.39 is 0 Å². The molecule has 1 saturated carbocycles. The van der Waals surface area contributed by atoms with Gasteiger partial charge < -0.3 is 10.6 Å². The van der Waals surface area contributed by atoms with E-state index in [1.54, 1.807) is 18.3 Å². The van der Waals surface area contributed by atoms with Crippen molar-refractivity contribution in [1.82, 2.24) is 9.97 Å². The smallest absolute Gasteiger partial charge is 0.224 e. The average molecular weight is 314 g/mol. The van der Waals surface area contributed by atoms with Crippen molar-refractivity contribution in [2.75, 3.05) is 17.2 Å². The van der Waals surface area contributed by atoms with E-state index in [9.17, 15) is 4.39 Å². The van der Waals surface area contributed by atoms with Crippen LogP contribution in [0.25, 0.3) is 0 Å². The maximum atomic E-state index is 13.6. The van der Waals surface area contributed by atoms with Crippen molar-refractivity contribution < 1.29 is 4.39 Å². The highest BCUT2D eigenvalue weighted by Gasteiger charge is 2.13. The van der Waals surface area contributed by atoms with Gasteiger partial charge in [-0.1, -0.05) is 37.5 Å². The molecule has 1 aromatic heterocycles. The van der Waals surface area contributed by atoms with Crippen LogP contribution in [0.5, 0.6) is 0 Å². The van der Waals surface area contributed by atoms with Gasteiger partial charge in [0.05, 0.1) is 0 Å². The predicted molar refractivity (Wildman–Crippen MR) is 91.1 cm³/mol. The van der Waals surface area contributed by atoms with Gasteiger partial charge in [0.15, 0.2) is 0 Å². The fourth-order valence-corrected chi connectivity index (χ4v) is 2.99. The topological polar surface area (TPSA) is 49.8 Å². The molecule has 1 aromatic carbocycles. The van der Waals surface area contributed by atoms with Crippen molar-refractivity contribution in [3.8, 4) is 0 Å². The van der Waals surface area contributed by atoms with Gasteiger partial charge >= 0.3 is 0 Å². The third kappa shape index (κ3) is 4.65. The van der Waals surface area contributed by atoms with E-state index in [2.05, 4.69) is 20.6 Å². The molecule has 1 aliphatic rings. The lowest BCUT2D eigenvalue weighted by Gasteiger charge is -2.23. The summed E-state index contributed by atoms with van der Waals surface area (Å²) in [4.78, 5) is 8.72. The first kappa shape index (κ1) is 15.7. The van der Waals surface area contributed by atoms with Gasteiger partial charge in [-0.25, -0.2) is 9.37 Å². The summed E-state index contributed by atoms with van der Waals surface area (Å²) in [7, 11) is 0. The van der Waals surface area contributed by atoms with Crippen LogP contribution in [0.4, 0.5) is 16.2 Å². The Morgan fingerprint density at radius 3 is 2.74 bits per heavy atom. The maximum absolute atomic E-state index is 13.6. The van der Waals surface area contributed by atoms with Gasteiger partial charge in [0.1, 0.15) is 11.6 Å². The number of rotatable bonds is 6. The van der Waals surface area contributed by atoms with Crippen LogP contribution in [-0.2, 0) is 6.42 Å². The molecule has 23 heavy (non-hydrogen) atoms. The second-order valence-electron chi connectivity index (χ2n) is 6.01. The fourth-order valence-electron chi connectivity index (χ4n) is 2.99. The van der Waals surface area contributed by atoms with Crippen molar-refractivity contribution in [3.05, 3.63) is 47.9 Å². The van der Waals surface area contributed by atoms with Crippen LogP contribution < -0.4 is 10.6 Å². The molecule has 122 valence electrons.